The summed E-state index contributed by atoms with van der Waals surface area (Å²) >= 11 is 0. The van der Waals surface area contributed by atoms with Crippen molar-refractivity contribution in [2.24, 2.45) is 5.92 Å². The van der Waals surface area contributed by atoms with Crippen LogP contribution in [0.4, 0.5) is 0 Å². The third-order valence-corrected chi connectivity index (χ3v) is 4.89. The van der Waals surface area contributed by atoms with Crippen LogP contribution < -0.4 is 5.32 Å². The van der Waals surface area contributed by atoms with Crippen LogP contribution in [-0.4, -0.2) is 28.1 Å². The van der Waals surface area contributed by atoms with Crippen LogP contribution >= 0.6 is 0 Å². The molecule has 0 aromatic carbocycles. The van der Waals surface area contributed by atoms with Crippen LogP contribution in [0, 0.1) is 5.92 Å². The van der Waals surface area contributed by atoms with Gasteiger partial charge in [0.25, 0.3) is 0 Å². The van der Waals surface area contributed by atoms with Gasteiger partial charge in [-0.05, 0) is 51.9 Å². The van der Waals surface area contributed by atoms with Crippen molar-refractivity contribution in [1.82, 2.24) is 10.2 Å². The SMILES string of the molecule is CCCC1NC2(CC2)C(=O)N1C(C)(C)C1CC1. The number of carbonyl (C=O) groups is 1. The summed E-state index contributed by atoms with van der Waals surface area (Å²) in [4.78, 5) is 14.8. The lowest BCUT2D eigenvalue weighted by atomic mass is 9.94. The summed E-state index contributed by atoms with van der Waals surface area (Å²) in [5.74, 6) is 1.11. The van der Waals surface area contributed by atoms with E-state index in [9.17, 15) is 4.79 Å². The first-order valence-electron chi connectivity index (χ1n) is 7.13. The molecule has 1 aliphatic heterocycles. The molecule has 0 aromatic heterocycles. The van der Waals surface area contributed by atoms with E-state index in [1.807, 2.05) is 0 Å². The van der Waals surface area contributed by atoms with Crippen LogP contribution in [0.1, 0.15) is 59.3 Å². The van der Waals surface area contributed by atoms with Crippen molar-refractivity contribution in [3.8, 4) is 0 Å². The lowest BCUT2D eigenvalue weighted by Crippen LogP contribution is -2.52. The van der Waals surface area contributed by atoms with Crippen LogP contribution in [0.25, 0.3) is 0 Å². The van der Waals surface area contributed by atoms with Gasteiger partial charge in [0.15, 0.2) is 0 Å². The number of carbonyl (C=O) groups excluding carboxylic acids is 1. The molecule has 2 aliphatic carbocycles. The Morgan fingerprint density at radius 1 is 1.41 bits per heavy atom. The maximum atomic E-state index is 12.6. The summed E-state index contributed by atoms with van der Waals surface area (Å²) in [5.41, 5.74) is -0.0952. The lowest BCUT2D eigenvalue weighted by molar-refractivity contribution is -0.136. The molecule has 0 radical (unpaired) electrons. The van der Waals surface area contributed by atoms with Crippen molar-refractivity contribution < 1.29 is 4.79 Å². The van der Waals surface area contributed by atoms with E-state index in [0.717, 1.165) is 31.6 Å². The number of amides is 1. The van der Waals surface area contributed by atoms with E-state index in [4.69, 9.17) is 0 Å². The maximum Gasteiger partial charge on any atom is 0.244 e. The van der Waals surface area contributed by atoms with Gasteiger partial charge in [-0.1, -0.05) is 13.3 Å². The highest BCUT2D eigenvalue weighted by Crippen LogP contribution is 2.50. The molecule has 1 saturated heterocycles. The standard InChI is InChI=1S/C14H24N2O/c1-4-5-11-15-14(8-9-14)12(17)16(11)13(2,3)10-6-7-10/h10-11,15H,4-9H2,1-3H3. The Kier molecular flexibility index (Phi) is 2.35. The first-order valence-corrected chi connectivity index (χ1v) is 7.13. The van der Waals surface area contributed by atoms with E-state index in [2.05, 4.69) is 31.0 Å². The Morgan fingerprint density at radius 3 is 2.53 bits per heavy atom. The second-order valence-electron chi connectivity index (χ2n) is 6.63. The van der Waals surface area contributed by atoms with E-state index in [0.29, 0.717) is 5.91 Å². The summed E-state index contributed by atoms with van der Waals surface area (Å²) in [6.45, 7) is 6.72. The molecule has 3 heteroatoms. The van der Waals surface area contributed by atoms with Crippen molar-refractivity contribution in [2.75, 3.05) is 0 Å². The van der Waals surface area contributed by atoms with Gasteiger partial charge in [-0.3, -0.25) is 10.1 Å². The minimum Gasteiger partial charge on any atom is -0.320 e. The Hall–Kier alpha value is -0.570. The average molecular weight is 236 g/mol. The number of nitrogens with one attached hydrogen (secondary N) is 1. The highest BCUT2D eigenvalue weighted by Gasteiger charge is 2.62. The fraction of sp³-hybridized carbons (Fsp3) is 0.929. The number of hydrogen-bond donors (Lipinski definition) is 1. The number of hydrogen-bond acceptors (Lipinski definition) is 2. The first kappa shape index (κ1) is 11.5. The Labute approximate surface area is 104 Å². The summed E-state index contributed by atoms with van der Waals surface area (Å²) in [6, 6.07) is 0. The molecule has 3 nitrogen and oxygen atoms in total. The predicted molar refractivity (Wildman–Crippen MR) is 67.4 cm³/mol. The second-order valence-corrected chi connectivity index (χ2v) is 6.63. The highest BCUT2D eigenvalue weighted by molar-refractivity contribution is 5.92. The largest absolute Gasteiger partial charge is 0.320 e. The Bertz CT molecular complexity index is 342. The minimum atomic E-state index is -0.147. The molecular formula is C14H24N2O. The Morgan fingerprint density at radius 2 is 2.06 bits per heavy atom. The molecule has 17 heavy (non-hydrogen) atoms. The minimum absolute atomic E-state index is 0.0516. The molecule has 96 valence electrons. The molecule has 1 atom stereocenters. The van der Waals surface area contributed by atoms with Crippen molar-refractivity contribution in [3.63, 3.8) is 0 Å². The molecule has 1 heterocycles. The van der Waals surface area contributed by atoms with Gasteiger partial charge in [0.05, 0.1) is 11.7 Å². The van der Waals surface area contributed by atoms with E-state index in [1.165, 1.54) is 12.8 Å². The van der Waals surface area contributed by atoms with Crippen LogP contribution in [0.3, 0.4) is 0 Å². The molecule has 0 bridgehead atoms. The first-order chi connectivity index (χ1) is 8.01. The van der Waals surface area contributed by atoms with Gasteiger partial charge in [-0.25, -0.2) is 0 Å². The Balaban J connectivity index is 1.86. The summed E-state index contributed by atoms with van der Waals surface area (Å²) in [7, 11) is 0. The summed E-state index contributed by atoms with van der Waals surface area (Å²) in [5, 5.41) is 3.61. The molecule has 1 unspecified atom stereocenters. The maximum absolute atomic E-state index is 12.6. The van der Waals surface area contributed by atoms with Gasteiger partial charge in [0.2, 0.25) is 5.91 Å². The van der Waals surface area contributed by atoms with Gasteiger partial charge < -0.3 is 4.90 Å². The van der Waals surface area contributed by atoms with E-state index in [-0.39, 0.29) is 17.2 Å². The zero-order chi connectivity index (χ0) is 12.3. The third-order valence-electron chi connectivity index (χ3n) is 4.89. The number of rotatable bonds is 4. The fourth-order valence-electron chi connectivity index (χ4n) is 3.43. The van der Waals surface area contributed by atoms with Crippen LogP contribution in [0.2, 0.25) is 0 Å². The average Bonchev–Trinajstić information content (AvgIpc) is 3.11. The molecule has 3 rings (SSSR count). The predicted octanol–water partition coefficient (Wildman–Crippen LogP) is 2.27. The van der Waals surface area contributed by atoms with Crippen LogP contribution in [0.5, 0.6) is 0 Å². The zero-order valence-corrected chi connectivity index (χ0v) is 11.3. The van der Waals surface area contributed by atoms with Gasteiger partial charge in [0, 0.05) is 5.54 Å². The van der Waals surface area contributed by atoms with Gasteiger partial charge in [-0.2, -0.15) is 0 Å². The van der Waals surface area contributed by atoms with Crippen LogP contribution in [-0.2, 0) is 4.79 Å². The van der Waals surface area contributed by atoms with Crippen molar-refractivity contribution in [1.29, 1.82) is 0 Å². The normalized spacial score (nSPS) is 31.4. The highest BCUT2D eigenvalue weighted by atomic mass is 16.2. The fourth-order valence-corrected chi connectivity index (χ4v) is 3.43. The van der Waals surface area contributed by atoms with Crippen molar-refractivity contribution >= 4 is 5.91 Å². The molecule has 1 N–H and O–H groups in total. The molecule has 3 fully saturated rings. The second kappa shape index (κ2) is 3.47. The molecule has 1 spiro atoms. The van der Waals surface area contributed by atoms with Crippen molar-refractivity contribution in [3.05, 3.63) is 0 Å². The van der Waals surface area contributed by atoms with E-state index >= 15 is 0 Å². The van der Waals surface area contributed by atoms with E-state index < -0.39 is 0 Å². The molecule has 0 aromatic rings. The third kappa shape index (κ3) is 1.62. The van der Waals surface area contributed by atoms with E-state index in [1.54, 1.807) is 0 Å². The lowest BCUT2D eigenvalue weighted by Gasteiger charge is -2.40. The smallest absolute Gasteiger partial charge is 0.244 e. The summed E-state index contributed by atoms with van der Waals surface area (Å²) in [6.07, 6.45) is 7.19. The monoisotopic (exact) mass is 236 g/mol. The van der Waals surface area contributed by atoms with Crippen molar-refractivity contribution in [2.45, 2.75) is 76.5 Å². The molecule has 3 aliphatic rings. The van der Waals surface area contributed by atoms with Crippen LogP contribution in [0.15, 0.2) is 0 Å². The zero-order valence-electron chi connectivity index (χ0n) is 11.3. The molecule has 1 amide bonds. The summed E-state index contributed by atoms with van der Waals surface area (Å²) < 4.78 is 0. The van der Waals surface area contributed by atoms with Gasteiger partial charge >= 0.3 is 0 Å². The van der Waals surface area contributed by atoms with Gasteiger partial charge in [0.1, 0.15) is 0 Å². The quantitative estimate of drug-likeness (QED) is 0.812. The van der Waals surface area contributed by atoms with Gasteiger partial charge in [-0.15, -0.1) is 0 Å². The topological polar surface area (TPSA) is 32.3 Å². The molecular weight excluding hydrogens is 212 g/mol. The number of nitrogens with zero attached hydrogens (tertiary/aromatic N) is 1. The molecule has 2 saturated carbocycles.